The fourth-order valence-electron chi connectivity index (χ4n) is 0.957. The van der Waals surface area contributed by atoms with Gasteiger partial charge in [0.25, 0.3) is 0 Å². The predicted molar refractivity (Wildman–Crippen MR) is 60.5 cm³/mol. The Kier molecular flexibility index (Phi) is 7.33. The van der Waals surface area contributed by atoms with Gasteiger partial charge in [-0.15, -0.1) is 0 Å². The molecule has 0 bridgehead atoms. The Morgan fingerprint density at radius 2 is 1.87 bits per heavy atom. The topological polar surface area (TPSA) is 75.3 Å². The van der Waals surface area contributed by atoms with E-state index in [1.807, 2.05) is 6.92 Å². The van der Waals surface area contributed by atoms with Crippen molar-refractivity contribution in [1.82, 2.24) is 10.6 Å². The Bertz CT molecular complexity index is 275. The van der Waals surface area contributed by atoms with Gasteiger partial charge in [0.2, 0.25) is 5.91 Å². The van der Waals surface area contributed by atoms with E-state index in [1.54, 1.807) is 6.92 Å². The molecule has 0 atom stereocenters. The molecule has 0 aliphatic carbocycles. The lowest BCUT2D eigenvalue weighted by molar-refractivity contribution is -0.120. The third-order valence-electron chi connectivity index (χ3n) is 1.95. The Morgan fingerprint density at radius 3 is 2.40 bits per heavy atom. The largest absolute Gasteiger partial charge is 0.355 e. The summed E-state index contributed by atoms with van der Waals surface area (Å²) in [5.41, 5.74) is 0. The van der Waals surface area contributed by atoms with Crippen molar-refractivity contribution in [1.29, 1.82) is 0 Å². The van der Waals surface area contributed by atoms with E-state index in [0.717, 1.165) is 6.54 Å². The third kappa shape index (κ3) is 8.38. The molecule has 0 fully saturated rings. The Balaban J connectivity index is 3.55. The van der Waals surface area contributed by atoms with Crippen LogP contribution in [-0.4, -0.2) is 45.5 Å². The average molecular weight is 236 g/mol. The van der Waals surface area contributed by atoms with Crippen molar-refractivity contribution >= 4 is 15.7 Å². The molecule has 0 aliphatic heterocycles. The van der Waals surface area contributed by atoms with Crippen LogP contribution in [0.25, 0.3) is 0 Å². The molecule has 0 unspecified atom stereocenters. The van der Waals surface area contributed by atoms with E-state index >= 15 is 0 Å². The molecular formula is C9H20N2O3S. The highest BCUT2D eigenvalue weighted by molar-refractivity contribution is 7.91. The van der Waals surface area contributed by atoms with Crippen LogP contribution in [0.5, 0.6) is 0 Å². The van der Waals surface area contributed by atoms with E-state index in [1.165, 1.54) is 0 Å². The molecule has 0 aliphatic rings. The molecule has 0 spiro atoms. The molecule has 0 aromatic heterocycles. The molecule has 0 heterocycles. The monoisotopic (exact) mass is 236 g/mol. The normalized spacial score (nSPS) is 11.3. The van der Waals surface area contributed by atoms with Crippen LogP contribution in [0.4, 0.5) is 0 Å². The van der Waals surface area contributed by atoms with Crippen LogP contribution in [0.1, 0.15) is 20.3 Å². The maximum absolute atomic E-state index is 11.1. The van der Waals surface area contributed by atoms with Crippen molar-refractivity contribution < 1.29 is 13.2 Å². The minimum Gasteiger partial charge on any atom is -0.355 e. The first-order chi connectivity index (χ1) is 7.02. The minimum absolute atomic E-state index is 0.0243. The van der Waals surface area contributed by atoms with Crippen LogP contribution < -0.4 is 10.6 Å². The Hall–Kier alpha value is -0.620. The predicted octanol–water partition coefficient (Wildman–Crippen LogP) is -0.463. The molecule has 0 saturated carbocycles. The molecular weight excluding hydrogens is 216 g/mol. The van der Waals surface area contributed by atoms with Gasteiger partial charge in [0.1, 0.15) is 0 Å². The summed E-state index contributed by atoms with van der Waals surface area (Å²) >= 11 is 0. The SMILES string of the molecule is CCNCCC(=O)NCCS(=O)(=O)CC. The Labute approximate surface area is 91.5 Å². The quantitative estimate of drug-likeness (QED) is 0.559. The van der Waals surface area contributed by atoms with E-state index in [4.69, 9.17) is 0 Å². The van der Waals surface area contributed by atoms with Crippen LogP contribution in [0, 0.1) is 0 Å². The minimum atomic E-state index is -2.97. The van der Waals surface area contributed by atoms with Crippen molar-refractivity contribution in [3.63, 3.8) is 0 Å². The molecule has 15 heavy (non-hydrogen) atoms. The van der Waals surface area contributed by atoms with Gasteiger partial charge in [-0.05, 0) is 6.54 Å². The fourth-order valence-corrected chi connectivity index (χ4v) is 1.66. The number of amides is 1. The fraction of sp³-hybridized carbons (Fsp3) is 0.889. The molecule has 6 heteroatoms. The van der Waals surface area contributed by atoms with Crippen LogP contribution in [-0.2, 0) is 14.6 Å². The van der Waals surface area contributed by atoms with Crippen molar-refractivity contribution in [2.45, 2.75) is 20.3 Å². The van der Waals surface area contributed by atoms with Gasteiger partial charge in [0.05, 0.1) is 5.75 Å². The van der Waals surface area contributed by atoms with Gasteiger partial charge in [0.15, 0.2) is 9.84 Å². The van der Waals surface area contributed by atoms with Crippen LogP contribution in [0.2, 0.25) is 0 Å². The first-order valence-corrected chi connectivity index (χ1v) is 7.01. The van der Waals surface area contributed by atoms with Crippen LogP contribution in [0.3, 0.4) is 0 Å². The number of carbonyl (C=O) groups is 1. The third-order valence-corrected chi connectivity index (χ3v) is 3.66. The van der Waals surface area contributed by atoms with E-state index in [2.05, 4.69) is 10.6 Å². The van der Waals surface area contributed by atoms with E-state index in [-0.39, 0.29) is 24.0 Å². The van der Waals surface area contributed by atoms with Crippen molar-refractivity contribution in [2.24, 2.45) is 0 Å². The molecule has 0 radical (unpaired) electrons. The standard InChI is InChI=1S/C9H20N2O3S/c1-3-10-6-5-9(12)11-7-8-15(13,14)4-2/h10H,3-8H2,1-2H3,(H,11,12). The van der Waals surface area contributed by atoms with Crippen molar-refractivity contribution in [3.05, 3.63) is 0 Å². The summed E-state index contributed by atoms with van der Waals surface area (Å²) in [6, 6.07) is 0. The van der Waals surface area contributed by atoms with E-state index in [0.29, 0.717) is 13.0 Å². The molecule has 2 N–H and O–H groups in total. The summed E-state index contributed by atoms with van der Waals surface area (Å²) in [4.78, 5) is 11.1. The second-order valence-electron chi connectivity index (χ2n) is 3.19. The zero-order valence-corrected chi connectivity index (χ0v) is 10.2. The lowest BCUT2D eigenvalue weighted by Crippen LogP contribution is -2.31. The van der Waals surface area contributed by atoms with Gasteiger partial charge in [0, 0.05) is 25.3 Å². The summed E-state index contributed by atoms with van der Waals surface area (Å²) in [6.07, 6.45) is 0.389. The highest BCUT2D eigenvalue weighted by Gasteiger charge is 2.07. The summed E-state index contributed by atoms with van der Waals surface area (Å²) < 4.78 is 22.2. The van der Waals surface area contributed by atoms with Gasteiger partial charge < -0.3 is 10.6 Å². The van der Waals surface area contributed by atoms with Crippen LogP contribution in [0.15, 0.2) is 0 Å². The first-order valence-electron chi connectivity index (χ1n) is 5.19. The average Bonchev–Trinajstić information content (AvgIpc) is 2.18. The molecule has 1 amide bonds. The highest BCUT2D eigenvalue weighted by atomic mass is 32.2. The van der Waals surface area contributed by atoms with E-state index in [9.17, 15) is 13.2 Å². The number of hydrogen-bond acceptors (Lipinski definition) is 4. The number of nitrogens with one attached hydrogen (secondary N) is 2. The summed E-state index contributed by atoms with van der Waals surface area (Å²) in [7, 11) is -2.97. The zero-order chi connectivity index (χ0) is 11.7. The number of sulfone groups is 1. The summed E-state index contributed by atoms with van der Waals surface area (Å²) in [6.45, 7) is 5.23. The van der Waals surface area contributed by atoms with E-state index < -0.39 is 9.84 Å². The molecule has 0 saturated heterocycles. The van der Waals surface area contributed by atoms with Gasteiger partial charge in [-0.1, -0.05) is 13.8 Å². The number of hydrogen-bond donors (Lipinski definition) is 2. The maximum Gasteiger partial charge on any atom is 0.221 e. The molecule has 0 aromatic rings. The summed E-state index contributed by atoms with van der Waals surface area (Å²) in [5.74, 6) is 0.0405. The second-order valence-corrected chi connectivity index (χ2v) is 5.66. The molecule has 5 nitrogen and oxygen atoms in total. The van der Waals surface area contributed by atoms with Gasteiger partial charge in [-0.25, -0.2) is 8.42 Å². The molecule has 0 rings (SSSR count). The lowest BCUT2D eigenvalue weighted by Gasteiger charge is -2.05. The van der Waals surface area contributed by atoms with Crippen molar-refractivity contribution in [3.8, 4) is 0 Å². The zero-order valence-electron chi connectivity index (χ0n) is 9.38. The molecule has 90 valence electrons. The maximum atomic E-state index is 11.1. The van der Waals surface area contributed by atoms with Gasteiger partial charge >= 0.3 is 0 Å². The Morgan fingerprint density at radius 1 is 1.20 bits per heavy atom. The summed E-state index contributed by atoms with van der Waals surface area (Å²) in [5, 5.41) is 5.59. The highest BCUT2D eigenvalue weighted by Crippen LogP contribution is 1.87. The number of rotatable bonds is 8. The van der Waals surface area contributed by atoms with Gasteiger partial charge in [-0.3, -0.25) is 4.79 Å². The second kappa shape index (κ2) is 7.64. The lowest BCUT2D eigenvalue weighted by atomic mass is 10.4. The van der Waals surface area contributed by atoms with Gasteiger partial charge in [-0.2, -0.15) is 0 Å². The first kappa shape index (κ1) is 14.4. The molecule has 0 aromatic carbocycles. The van der Waals surface area contributed by atoms with Crippen LogP contribution >= 0.6 is 0 Å². The number of carbonyl (C=O) groups excluding carboxylic acids is 1. The van der Waals surface area contributed by atoms with Crippen molar-refractivity contribution in [2.75, 3.05) is 31.1 Å². The smallest absolute Gasteiger partial charge is 0.221 e.